The Balaban J connectivity index is 1.75. The largest absolute Gasteiger partial charge is 0.361 e. The molecule has 0 unspecified atom stereocenters. The third-order valence-corrected chi connectivity index (χ3v) is 4.32. The lowest BCUT2D eigenvalue weighted by atomic mass is 10.1. The number of nitrogens with zero attached hydrogens (tertiary/aromatic N) is 2. The number of amides is 1. The van der Waals surface area contributed by atoms with Crippen molar-refractivity contribution in [3.8, 4) is 0 Å². The van der Waals surface area contributed by atoms with Crippen LogP contribution in [0.25, 0.3) is 10.9 Å². The van der Waals surface area contributed by atoms with Crippen LogP contribution in [-0.4, -0.2) is 23.1 Å². The summed E-state index contributed by atoms with van der Waals surface area (Å²) in [4.78, 5) is 17.4. The van der Waals surface area contributed by atoms with Gasteiger partial charge in [-0.15, -0.1) is 0 Å². The number of H-pyrrole nitrogens is 1. The van der Waals surface area contributed by atoms with E-state index in [2.05, 4.69) is 29.2 Å². The molecule has 0 fully saturated rings. The van der Waals surface area contributed by atoms with Crippen molar-refractivity contribution in [3.63, 3.8) is 0 Å². The quantitative estimate of drug-likeness (QED) is 0.799. The van der Waals surface area contributed by atoms with Gasteiger partial charge >= 0.3 is 0 Å². The first-order valence-electron chi connectivity index (χ1n) is 7.74. The molecule has 1 amide bonds. The highest BCUT2D eigenvalue weighted by atomic mass is 16.5. The highest BCUT2D eigenvalue weighted by Crippen LogP contribution is 2.25. The fraction of sp³-hybridized carbons (Fsp3) is 0.333. The fourth-order valence-corrected chi connectivity index (χ4v) is 3.06. The van der Waals surface area contributed by atoms with Gasteiger partial charge in [0.1, 0.15) is 11.4 Å². The monoisotopic (exact) mass is 311 g/mol. The number of anilines is 1. The van der Waals surface area contributed by atoms with E-state index < -0.39 is 0 Å². The molecule has 23 heavy (non-hydrogen) atoms. The summed E-state index contributed by atoms with van der Waals surface area (Å²) in [6, 6.07) is 6.22. The van der Waals surface area contributed by atoms with Crippen LogP contribution in [0.4, 0.5) is 5.69 Å². The normalized spacial score (nSPS) is 11.1. The standard InChI is InChI=1S/C18H21N3O2/c1-11-6-5-7-15-14(10-19-17(11)15)8-9-16(22)21(4)18-12(2)20-23-13(18)3/h5-7,10,19H,8-9H2,1-4H3. The maximum atomic E-state index is 12.5. The Morgan fingerprint density at radius 1 is 1.30 bits per heavy atom. The van der Waals surface area contributed by atoms with Crippen molar-refractivity contribution in [2.75, 3.05) is 11.9 Å². The van der Waals surface area contributed by atoms with Crippen LogP contribution in [0.1, 0.15) is 29.0 Å². The van der Waals surface area contributed by atoms with Crippen molar-refractivity contribution >= 4 is 22.5 Å². The third-order valence-electron chi connectivity index (χ3n) is 4.32. The van der Waals surface area contributed by atoms with Crippen molar-refractivity contribution in [2.45, 2.75) is 33.6 Å². The van der Waals surface area contributed by atoms with E-state index in [1.807, 2.05) is 26.1 Å². The molecule has 1 N–H and O–H groups in total. The predicted molar refractivity (Wildman–Crippen MR) is 90.7 cm³/mol. The van der Waals surface area contributed by atoms with Gasteiger partial charge < -0.3 is 14.4 Å². The molecule has 0 saturated carbocycles. The number of rotatable bonds is 4. The van der Waals surface area contributed by atoms with Crippen LogP contribution < -0.4 is 4.90 Å². The molecule has 3 rings (SSSR count). The van der Waals surface area contributed by atoms with E-state index in [1.165, 1.54) is 16.5 Å². The van der Waals surface area contributed by atoms with Crippen molar-refractivity contribution in [3.05, 3.63) is 47.0 Å². The lowest BCUT2D eigenvalue weighted by Crippen LogP contribution is -2.27. The molecule has 120 valence electrons. The Labute approximate surface area is 135 Å². The molecular weight excluding hydrogens is 290 g/mol. The highest BCUT2D eigenvalue weighted by Gasteiger charge is 2.19. The van der Waals surface area contributed by atoms with Crippen LogP contribution in [-0.2, 0) is 11.2 Å². The Morgan fingerprint density at radius 3 is 2.78 bits per heavy atom. The molecule has 5 nitrogen and oxygen atoms in total. The van der Waals surface area contributed by atoms with Crippen molar-refractivity contribution in [2.24, 2.45) is 0 Å². The number of hydrogen-bond acceptors (Lipinski definition) is 3. The van der Waals surface area contributed by atoms with Gasteiger partial charge in [-0.2, -0.15) is 0 Å². The average Bonchev–Trinajstić information content (AvgIpc) is 3.09. The Bertz CT molecular complexity index is 841. The first kappa shape index (κ1) is 15.3. The predicted octanol–water partition coefficient (Wildman–Crippen LogP) is 3.68. The van der Waals surface area contributed by atoms with Gasteiger partial charge in [-0.25, -0.2) is 0 Å². The summed E-state index contributed by atoms with van der Waals surface area (Å²) >= 11 is 0. The molecule has 0 atom stereocenters. The number of nitrogens with one attached hydrogen (secondary N) is 1. The van der Waals surface area contributed by atoms with Gasteiger partial charge in [0.2, 0.25) is 5.91 Å². The van der Waals surface area contributed by atoms with Gasteiger partial charge in [0, 0.05) is 30.6 Å². The van der Waals surface area contributed by atoms with Crippen molar-refractivity contribution in [1.82, 2.24) is 10.1 Å². The van der Waals surface area contributed by atoms with E-state index in [4.69, 9.17) is 4.52 Å². The molecule has 0 saturated heterocycles. The zero-order valence-corrected chi connectivity index (χ0v) is 13.9. The summed E-state index contributed by atoms with van der Waals surface area (Å²) in [6.45, 7) is 5.75. The molecule has 0 aliphatic heterocycles. The maximum Gasteiger partial charge on any atom is 0.227 e. The zero-order chi connectivity index (χ0) is 16.6. The van der Waals surface area contributed by atoms with Gasteiger partial charge in [0.15, 0.2) is 5.76 Å². The number of para-hydroxylation sites is 1. The van der Waals surface area contributed by atoms with E-state index in [0.717, 1.165) is 16.9 Å². The minimum Gasteiger partial charge on any atom is -0.361 e. The zero-order valence-electron chi connectivity index (χ0n) is 13.9. The summed E-state index contributed by atoms with van der Waals surface area (Å²) in [5.74, 6) is 0.725. The van der Waals surface area contributed by atoms with Crippen LogP contribution >= 0.6 is 0 Å². The minimum absolute atomic E-state index is 0.0569. The summed E-state index contributed by atoms with van der Waals surface area (Å²) in [5.41, 5.74) is 5.04. The lowest BCUT2D eigenvalue weighted by Gasteiger charge is -2.16. The van der Waals surface area contributed by atoms with Crippen LogP contribution in [0.15, 0.2) is 28.9 Å². The summed E-state index contributed by atoms with van der Waals surface area (Å²) in [7, 11) is 1.77. The molecule has 5 heteroatoms. The summed E-state index contributed by atoms with van der Waals surface area (Å²) in [5, 5.41) is 5.10. The molecule has 0 radical (unpaired) electrons. The number of carbonyl (C=O) groups is 1. The van der Waals surface area contributed by atoms with Crippen molar-refractivity contribution < 1.29 is 9.32 Å². The number of fused-ring (bicyclic) bond motifs is 1. The topological polar surface area (TPSA) is 62.1 Å². The second kappa shape index (κ2) is 5.91. The maximum absolute atomic E-state index is 12.5. The van der Waals surface area contributed by atoms with Crippen molar-refractivity contribution in [1.29, 1.82) is 0 Å². The number of aromatic nitrogens is 2. The smallest absolute Gasteiger partial charge is 0.227 e. The lowest BCUT2D eigenvalue weighted by molar-refractivity contribution is -0.118. The second-order valence-corrected chi connectivity index (χ2v) is 5.94. The molecule has 0 bridgehead atoms. The minimum atomic E-state index is 0.0569. The first-order chi connectivity index (χ1) is 11.0. The van der Waals surface area contributed by atoms with Crippen LogP contribution in [0.5, 0.6) is 0 Å². The van der Waals surface area contributed by atoms with E-state index >= 15 is 0 Å². The number of hydrogen-bond donors (Lipinski definition) is 1. The molecule has 3 aromatic rings. The van der Waals surface area contributed by atoms with Crippen LogP contribution in [0, 0.1) is 20.8 Å². The number of carbonyl (C=O) groups excluding carboxylic acids is 1. The SMILES string of the molecule is Cc1noc(C)c1N(C)C(=O)CCc1c[nH]c2c(C)cccc12. The Morgan fingerprint density at radius 2 is 2.09 bits per heavy atom. The molecule has 0 aliphatic rings. The molecule has 0 aliphatic carbocycles. The average molecular weight is 311 g/mol. The molecule has 2 heterocycles. The highest BCUT2D eigenvalue weighted by molar-refractivity contribution is 5.94. The van der Waals surface area contributed by atoms with E-state index in [9.17, 15) is 4.79 Å². The van der Waals surface area contributed by atoms with Crippen LogP contribution in [0.3, 0.4) is 0 Å². The number of benzene rings is 1. The third kappa shape index (κ3) is 2.74. The van der Waals surface area contributed by atoms with Gasteiger partial charge in [-0.05, 0) is 38.3 Å². The van der Waals surface area contributed by atoms with Gasteiger partial charge in [-0.3, -0.25) is 4.79 Å². The summed E-state index contributed by atoms with van der Waals surface area (Å²) < 4.78 is 5.14. The first-order valence-corrected chi connectivity index (χ1v) is 7.74. The van der Waals surface area contributed by atoms with E-state index in [1.54, 1.807) is 11.9 Å². The fourth-order valence-electron chi connectivity index (χ4n) is 3.06. The Kier molecular flexibility index (Phi) is 3.94. The second-order valence-electron chi connectivity index (χ2n) is 5.94. The van der Waals surface area contributed by atoms with Gasteiger partial charge in [-0.1, -0.05) is 23.4 Å². The van der Waals surface area contributed by atoms with Gasteiger partial charge in [0.05, 0.1) is 0 Å². The number of aromatic amines is 1. The molecule has 0 spiro atoms. The summed E-state index contributed by atoms with van der Waals surface area (Å²) in [6.07, 6.45) is 3.15. The molecule has 1 aromatic carbocycles. The van der Waals surface area contributed by atoms with Gasteiger partial charge in [0.25, 0.3) is 0 Å². The number of aryl methyl sites for hydroxylation is 4. The van der Waals surface area contributed by atoms with E-state index in [0.29, 0.717) is 18.6 Å². The molecular formula is C18H21N3O2. The van der Waals surface area contributed by atoms with E-state index in [-0.39, 0.29) is 5.91 Å². The van der Waals surface area contributed by atoms with Crippen LogP contribution in [0.2, 0.25) is 0 Å². The molecule has 2 aromatic heterocycles. The Hall–Kier alpha value is -2.56.